The fraction of sp³-hybridized carbons (Fsp3) is 0.381. The van der Waals surface area contributed by atoms with Crippen LogP contribution < -0.4 is 4.74 Å². The Morgan fingerprint density at radius 1 is 1.15 bits per heavy atom. The summed E-state index contributed by atoms with van der Waals surface area (Å²) in [5, 5.41) is 0. The minimum absolute atomic E-state index is 0.0940. The lowest BCUT2D eigenvalue weighted by Crippen LogP contribution is -2.39. The van der Waals surface area contributed by atoms with Crippen molar-refractivity contribution >= 4 is 11.9 Å². The Labute approximate surface area is 160 Å². The number of esters is 1. The molecule has 1 heterocycles. The Morgan fingerprint density at radius 2 is 1.85 bits per heavy atom. The van der Waals surface area contributed by atoms with Gasteiger partial charge in [-0.25, -0.2) is 0 Å². The number of amides is 1. The first-order valence-corrected chi connectivity index (χ1v) is 8.85. The topological polar surface area (TPSA) is 68.7 Å². The highest BCUT2D eigenvalue weighted by Crippen LogP contribution is 2.19. The number of nitrogens with zero attached hydrogens (tertiary/aromatic N) is 2. The second-order valence-electron chi connectivity index (χ2n) is 6.61. The number of hydrogen-bond acceptors (Lipinski definition) is 5. The molecule has 0 spiro atoms. The fourth-order valence-corrected chi connectivity index (χ4v) is 2.66. The molecule has 6 nitrogen and oxygen atoms in total. The van der Waals surface area contributed by atoms with Gasteiger partial charge in [-0.1, -0.05) is 19.1 Å². The summed E-state index contributed by atoms with van der Waals surface area (Å²) in [5.74, 6) is -0.281. The van der Waals surface area contributed by atoms with Gasteiger partial charge in [-0.05, 0) is 48.7 Å². The Balaban J connectivity index is 2.09. The largest absolute Gasteiger partial charge is 0.483 e. The zero-order chi connectivity index (χ0) is 19.8. The minimum Gasteiger partial charge on any atom is -0.483 e. The molecule has 1 aromatic carbocycles. The zero-order valence-corrected chi connectivity index (χ0v) is 16.3. The molecule has 2 rings (SSSR count). The molecule has 2 aromatic rings. The van der Waals surface area contributed by atoms with Crippen molar-refractivity contribution in [3.05, 3.63) is 59.4 Å². The Morgan fingerprint density at radius 3 is 2.52 bits per heavy atom. The molecule has 0 radical (unpaired) electrons. The Hall–Kier alpha value is -2.89. The normalized spacial score (nSPS) is 11.6. The van der Waals surface area contributed by atoms with Crippen LogP contribution in [0.25, 0.3) is 0 Å². The first-order chi connectivity index (χ1) is 12.9. The number of hydrogen-bond donors (Lipinski definition) is 0. The third kappa shape index (κ3) is 6.09. The number of carbonyl (C=O) groups is 2. The third-order valence-electron chi connectivity index (χ3n) is 4.27. The van der Waals surface area contributed by atoms with Crippen molar-refractivity contribution in [1.82, 2.24) is 9.88 Å². The fourth-order valence-electron chi connectivity index (χ4n) is 2.66. The summed E-state index contributed by atoms with van der Waals surface area (Å²) in [6.45, 7) is 6.19. The highest BCUT2D eigenvalue weighted by molar-refractivity contribution is 5.79. The van der Waals surface area contributed by atoms with Crippen LogP contribution in [0.2, 0.25) is 0 Å². The van der Waals surface area contributed by atoms with Crippen LogP contribution in [0.1, 0.15) is 23.6 Å². The van der Waals surface area contributed by atoms with Gasteiger partial charge >= 0.3 is 5.97 Å². The van der Waals surface area contributed by atoms with Gasteiger partial charge in [-0.2, -0.15) is 0 Å². The molecule has 0 fully saturated rings. The molecule has 0 N–H and O–H groups in total. The second kappa shape index (κ2) is 9.71. The van der Waals surface area contributed by atoms with E-state index in [4.69, 9.17) is 9.47 Å². The van der Waals surface area contributed by atoms with Gasteiger partial charge in [0.1, 0.15) is 5.75 Å². The van der Waals surface area contributed by atoms with Crippen molar-refractivity contribution in [2.75, 3.05) is 20.3 Å². The van der Waals surface area contributed by atoms with Gasteiger partial charge in [-0.3, -0.25) is 14.6 Å². The summed E-state index contributed by atoms with van der Waals surface area (Å²) in [7, 11) is 1.34. The maximum Gasteiger partial charge on any atom is 0.310 e. The van der Waals surface area contributed by atoms with E-state index in [9.17, 15) is 9.59 Å². The Kier molecular flexibility index (Phi) is 7.34. The van der Waals surface area contributed by atoms with Gasteiger partial charge in [0.15, 0.2) is 6.61 Å². The highest BCUT2D eigenvalue weighted by atomic mass is 16.5. The average molecular weight is 370 g/mol. The van der Waals surface area contributed by atoms with Crippen LogP contribution in [-0.2, 0) is 20.9 Å². The van der Waals surface area contributed by atoms with Gasteiger partial charge in [0.05, 0.1) is 13.0 Å². The molecular weight excluding hydrogens is 344 g/mol. The van der Waals surface area contributed by atoms with Crippen molar-refractivity contribution < 1.29 is 19.1 Å². The molecule has 0 bridgehead atoms. The molecule has 0 saturated heterocycles. The van der Waals surface area contributed by atoms with E-state index in [1.54, 1.807) is 24.2 Å². The van der Waals surface area contributed by atoms with Gasteiger partial charge in [0.2, 0.25) is 0 Å². The molecule has 1 unspecified atom stereocenters. The van der Waals surface area contributed by atoms with Crippen molar-refractivity contribution in [2.45, 2.75) is 27.3 Å². The maximum absolute atomic E-state index is 12.8. The molecule has 6 heteroatoms. The van der Waals surface area contributed by atoms with Crippen LogP contribution in [-0.4, -0.2) is 42.0 Å². The molecule has 1 amide bonds. The minimum atomic E-state index is -0.429. The van der Waals surface area contributed by atoms with Crippen LogP contribution in [0.3, 0.4) is 0 Å². The molecule has 27 heavy (non-hydrogen) atoms. The van der Waals surface area contributed by atoms with Gasteiger partial charge in [0.25, 0.3) is 5.91 Å². The number of aromatic nitrogens is 1. The number of benzene rings is 1. The molecule has 0 aliphatic heterocycles. The van der Waals surface area contributed by atoms with Crippen molar-refractivity contribution in [2.24, 2.45) is 5.92 Å². The van der Waals surface area contributed by atoms with E-state index in [0.717, 1.165) is 16.7 Å². The smallest absolute Gasteiger partial charge is 0.310 e. The van der Waals surface area contributed by atoms with Gasteiger partial charge in [0, 0.05) is 25.5 Å². The summed E-state index contributed by atoms with van der Waals surface area (Å²) in [5.41, 5.74) is 2.97. The molecular formula is C21H26N2O4. The maximum atomic E-state index is 12.8. The quantitative estimate of drug-likeness (QED) is 0.668. The van der Waals surface area contributed by atoms with Crippen molar-refractivity contribution in [1.29, 1.82) is 0 Å². The summed E-state index contributed by atoms with van der Waals surface area (Å²) in [6, 6.07) is 9.55. The van der Waals surface area contributed by atoms with Crippen LogP contribution in [0.5, 0.6) is 5.75 Å². The first-order valence-electron chi connectivity index (χ1n) is 8.85. The molecule has 1 aromatic heterocycles. The lowest BCUT2D eigenvalue weighted by molar-refractivity contribution is -0.147. The van der Waals surface area contributed by atoms with Crippen LogP contribution in [0.15, 0.2) is 42.7 Å². The summed E-state index contributed by atoms with van der Waals surface area (Å²) < 4.78 is 10.5. The van der Waals surface area contributed by atoms with E-state index in [0.29, 0.717) is 12.3 Å². The highest BCUT2D eigenvalue weighted by Gasteiger charge is 2.22. The standard InChI is InChI=1S/C21H26N2O4/c1-15-5-6-16(2)19(11-15)27-14-20(24)23(12-17(3)21(25)26-4)13-18-7-9-22-10-8-18/h5-11,17H,12-14H2,1-4H3. The summed E-state index contributed by atoms with van der Waals surface area (Å²) >= 11 is 0. The molecule has 0 aliphatic rings. The number of carbonyl (C=O) groups excluding carboxylic acids is 2. The van der Waals surface area contributed by atoms with Crippen LogP contribution >= 0.6 is 0 Å². The summed E-state index contributed by atoms with van der Waals surface area (Å²) in [4.78, 5) is 30.2. The number of pyridine rings is 1. The van der Waals surface area contributed by atoms with Crippen molar-refractivity contribution in [3.8, 4) is 5.75 Å². The first kappa shape index (κ1) is 20.4. The van der Waals surface area contributed by atoms with Gasteiger partial charge in [-0.15, -0.1) is 0 Å². The predicted molar refractivity (Wildman–Crippen MR) is 102 cm³/mol. The number of rotatable bonds is 8. The van der Waals surface area contributed by atoms with Gasteiger partial charge < -0.3 is 14.4 Å². The summed E-state index contributed by atoms with van der Waals surface area (Å²) in [6.07, 6.45) is 3.35. The molecule has 144 valence electrons. The van der Waals surface area contributed by atoms with E-state index >= 15 is 0 Å². The monoisotopic (exact) mass is 370 g/mol. The number of aryl methyl sites for hydroxylation is 2. The van der Waals surface area contributed by atoms with E-state index in [-0.39, 0.29) is 25.0 Å². The van der Waals surface area contributed by atoms with E-state index in [1.165, 1.54) is 7.11 Å². The molecule has 0 aliphatic carbocycles. The van der Waals surface area contributed by atoms with Crippen LogP contribution in [0, 0.1) is 19.8 Å². The predicted octanol–water partition coefficient (Wildman–Crippen LogP) is 2.92. The Bertz CT molecular complexity index is 777. The second-order valence-corrected chi connectivity index (χ2v) is 6.61. The zero-order valence-electron chi connectivity index (χ0n) is 16.3. The van der Waals surface area contributed by atoms with E-state index < -0.39 is 5.92 Å². The third-order valence-corrected chi connectivity index (χ3v) is 4.27. The number of methoxy groups -OCH3 is 1. The lowest BCUT2D eigenvalue weighted by atomic mass is 10.1. The molecule has 1 atom stereocenters. The lowest BCUT2D eigenvalue weighted by Gasteiger charge is -2.25. The average Bonchev–Trinajstić information content (AvgIpc) is 2.67. The van der Waals surface area contributed by atoms with E-state index in [2.05, 4.69) is 4.98 Å². The number of ether oxygens (including phenoxy) is 2. The SMILES string of the molecule is COC(=O)C(C)CN(Cc1ccncc1)C(=O)COc1cc(C)ccc1C. The van der Waals surface area contributed by atoms with Crippen molar-refractivity contribution in [3.63, 3.8) is 0 Å². The van der Waals surface area contributed by atoms with E-state index in [1.807, 2.05) is 44.2 Å². The van der Waals surface area contributed by atoms with Crippen LogP contribution in [0.4, 0.5) is 0 Å². The molecule has 0 saturated carbocycles.